The van der Waals surface area contributed by atoms with E-state index in [0.29, 0.717) is 24.3 Å². The number of fused-ring (bicyclic) bond motifs is 1. The van der Waals surface area contributed by atoms with Crippen molar-refractivity contribution in [2.75, 3.05) is 25.4 Å². The fraction of sp³-hybridized carbons (Fsp3) is 0.391. The van der Waals surface area contributed by atoms with Crippen LogP contribution in [0.1, 0.15) is 18.2 Å². The molecule has 5 atom stereocenters. The number of carboxylic acid groups (broad SMARTS) is 1. The zero-order valence-corrected chi connectivity index (χ0v) is 20.8. The van der Waals surface area contributed by atoms with Gasteiger partial charge in [-0.2, -0.15) is 0 Å². The minimum Gasteiger partial charge on any atom is -0.480 e. The lowest BCUT2D eigenvalue weighted by Crippen LogP contribution is -2.42. The Morgan fingerprint density at radius 2 is 2.03 bits per heavy atom. The second-order valence-corrected chi connectivity index (χ2v) is 9.40. The Hall–Kier alpha value is -2.94. The third-order valence-corrected chi connectivity index (χ3v) is 6.80. The number of hydrogen-bond acceptors (Lipinski definition) is 10. The van der Waals surface area contributed by atoms with Gasteiger partial charge in [-0.25, -0.2) is 15.0 Å². The molecule has 0 aliphatic carbocycles. The van der Waals surface area contributed by atoms with E-state index in [9.17, 15) is 15.0 Å². The van der Waals surface area contributed by atoms with Crippen molar-refractivity contribution in [2.45, 2.75) is 37.0 Å². The molecule has 36 heavy (non-hydrogen) atoms. The molecule has 3 aromatic rings. The number of hydrogen-bond donors (Lipinski definition) is 5. The van der Waals surface area contributed by atoms with Crippen molar-refractivity contribution < 1.29 is 24.9 Å². The zero-order valence-electron chi connectivity index (χ0n) is 19.3. The molecule has 192 valence electrons. The normalized spacial score (nSPS) is 23.1. The van der Waals surface area contributed by atoms with Crippen LogP contribution < -0.4 is 11.5 Å². The lowest BCUT2D eigenvalue weighted by molar-refractivity contribution is -0.138. The monoisotopic (exact) mass is 561 g/mol. The second-order valence-electron chi connectivity index (χ2n) is 8.55. The number of carboxylic acids is 1. The van der Waals surface area contributed by atoms with Crippen LogP contribution in [0.5, 0.6) is 0 Å². The molecule has 12 nitrogen and oxygen atoms in total. The topological polar surface area (TPSA) is 186 Å². The molecule has 0 saturated carbocycles. The first-order valence-corrected chi connectivity index (χ1v) is 12.1. The summed E-state index contributed by atoms with van der Waals surface area (Å²) in [5.74, 6) is -0.888. The third-order valence-electron chi connectivity index (χ3n) is 6.08. The number of ether oxygens (including phenoxy) is 1. The molecule has 3 heterocycles. The molecule has 1 aliphatic heterocycles. The fourth-order valence-corrected chi connectivity index (χ4v) is 4.48. The summed E-state index contributed by atoms with van der Waals surface area (Å²) in [5, 5.41) is 30.7. The highest BCUT2D eigenvalue weighted by Crippen LogP contribution is 2.32. The van der Waals surface area contributed by atoms with Crippen LogP contribution in [-0.2, 0) is 9.53 Å². The first-order chi connectivity index (χ1) is 17.3. The maximum Gasteiger partial charge on any atom is 0.320 e. The Morgan fingerprint density at radius 3 is 2.78 bits per heavy atom. The number of aliphatic hydroxyl groups excluding tert-OH is 2. The molecule has 0 amide bonds. The van der Waals surface area contributed by atoms with Crippen molar-refractivity contribution in [1.29, 1.82) is 0 Å². The van der Waals surface area contributed by atoms with E-state index in [1.807, 2.05) is 41.3 Å². The van der Waals surface area contributed by atoms with E-state index in [1.54, 1.807) is 0 Å². The lowest BCUT2D eigenvalue weighted by atomic mass is 10.1. The molecule has 0 unspecified atom stereocenters. The van der Waals surface area contributed by atoms with E-state index in [-0.39, 0.29) is 18.8 Å². The minimum absolute atomic E-state index is 0.195. The highest BCUT2D eigenvalue weighted by atomic mass is 79.9. The van der Waals surface area contributed by atoms with E-state index in [0.717, 1.165) is 10.0 Å². The largest absolute Gasteiger partial charge is 0.480 e. The maximum absolute atomic E-state index is 11.2. The van der Waals surface area contributed by atoms with Gasteiger partial charge in [0, 0.05) is 24.1 Å². The molecular weight excluding hydrogens is 534 g/mol. The SMILES string of the molecule is Nc1ncnc2c1ncn2[C@@H]1O[C@H](CN(C/C=C/c2ccccc2Br)CC[C@H](N)C(=O)O)[C@@H](O)[C@H]1O. The second kappa shape index (κ2) is 11.4. The van der Waals surface area contributed by atoms with Crippen molar-refractivity contribution in [3.63, 3.8) is 0 Å². The first kappa shape index (κ1) is 26.1. The van der Waals surface area contributed by atoms with Crippen LogP contribution in [0.3, 0.4) is 0 Å². The summed E-state index contributed by atoms with van der Waals surface area (Å²) in [6, 6.07) is 6.73. The molecule has 7 N–H and O–H groups in total. The number of anilines is 1. The number of nitrogens with two attached hydrogens (primary N) is 2. The number of carbonyl (C=O) groups is 1. The summed E-state index contributed by atoms with van der Waals surface area (Å²) in [6.45, 7) is 1.02. The Bertz CT molecular complexity index is 1240. The summed E-state index contributed by atoms with van der Waals surface area (Å²) in [5.41, 5.74) is 13.3. The average Bonchev–Trinajstić information content (AvgIpc) is 3.40. The smallest absolute Gasteiger partial charge is 0.320 e. The molecule has 1 saturated heterocycles. The van der Waals surface area contributed by atoms with Crippen LogP contribution in [0.25, 0.3) is 17.2 Å². The molecule has 1 fully saturated rings. The van der Waals surface area contributed by atoms with Gasteiger partial charge in [-0.15, -0.1) is 0 Å². The number of aliphatic hydroxyl groups is 2. The van der Waals surface area contributed by atoms with Gasteiger partial charge in [0.2, 0.25) is 0 Å². The molecule has 4 rings (SSSR count). The number of halogens is 1. The summed E-state index contributed by atoms with van der Waals surface area (Å²) in [7, 11) is 0. The van der Waals surface area contributed by atoms with E-state index in [4.69, 9.17) is 21.3 Å². The maximum atomic E-state index is 11.2. The first-order valence-electron chi connectivity index (χ1n) is 11.3. The lowest BCUT2D eigenvalue weighted by Gasteiger charge is -2.26. The van der Waals surface area contributed by atoms with E-state index in [1.165, 1.54) is 17.2 Å². The Labute approximate surface area is 215 Å². The van der Waals surface area contributed by atoms with Crippen LogP contribution in [0.15, 0.2) is 47.5 Å². The van der Waals surface area contributed by atoms with Crippen molar-refractivity contribution in [3.05, 3.63) is 53.0 Å². The highest BCUT2D eigenvalue weighted by Gasteiger charge is 2.44. The van der Waals surface area contributed by atoms with E-state index in [2.05, 4.69) is 30.9 Å². The van der Waals surface area contributed by atoms with Gasteiger partial charge in [-0.3, -0.25) is 14.3 Å². The van der Waals surface area contributed by atoms with Gasteiger partial charge in [0.1, 0.15) is 36.2 Å². The number of nitrogens with zero attached hydrogens (tertiary/aromatic N) is 5. The van der Waals surface area contributed by atoms with Crippen molar-refractivity contribution in [1.82, 2.24) is 24.4 Å². The Balaban J connectivity index is 1.49. The third kappa shape index (κ3) is 5.72. The quantitative estimate of drug-likeness (QED) is 0.233. The molecular formula is C23H28BrN7O5. The molecule has 0 spiro atoms. The molecule has 2 aromatic heterocycles. The van der Waals surface area contributed by atoms with Crippen molar-refractivity contribution >= 4 is 45.0 Å². The molecule has 1 aliphatic rings. The standard InChI is InChI=1S/C23H28BrN7O5/c24-14-6-2-1-4-13(14)5-3-8-30(9-7-15(25)23(34)35)10-16-18(32)19(33)22(36-16)31-12-29-17-20(26)27-11-28-21(17)31/h1-6,11-12,15-16,18-19,22,32-33H,7-10,25H2,(H,34,35)(H2,26,27,28)/b5-3+/t15-,16+,18+,19+,22+/m0/s1. The van der Waals surface area contributed by atoms with Crippen LogP contribution in [0.2, 0.25) is 0 Å². The number of aliphatic carboxylic acids is 1. The van der Waals surface area contributed by atoms with Gasteiger partial charge in [0.15, 0.2) is 17.7 Å². The van der Waals surface area contributed by atoms with Crippen LogP contribution in [0.4, 0.5) is 5.82 Å². The van der Waals surface area contributed by atoms with Gasteiger partial charge < -0.3 is 31.5 Å². The summed E-state index contributed by atoms with van der Waals surface area (Å²) in [4.78, 5) is 25.4. The van der Waals surface area contributed by atoms with E-state index < -0.39 is 36.6 Å². The number of nitrogen functional groups attached to an aromatic ring is 1. The Morgan fingerprint density at radius 1 is 1.25 bits per heavy atom. The van der Waals surface area contributed by atoms with Gasteiger partial charge in [-0.05, 0) is 18.1 Å². The average molecular weight is 562 g/mol. The van der Waals surface area contributed by atoms with Gasteiger partial charge >= 0.3 is 5.97 Å². The summed E-state index contributed by atoms with van der Waals surface area (Å²) >= 11 is 3.51. The van der Waals surface area contributed by atoms with Crippen LogP contribution in [-0.4, -0.2) is 89.7 Å². The number of aromatic nitrogens is 4. The van der Waals surface area contributed by atoms with Crippen LogP contribution in [0, 0.1) is 0 Å². The van der Waals surface area contributed by atoms with Gasteiger partial charge in [0.25, 0.3) is 0 Å². The minimum atomic E-state index is -1.25. The summed E-state index contributed by atoms with van der Waals surface area (Å²) in [6.07, 6.45) is 2.65. The molecule has 0 bridgehead atoms. The highest BCUT2D eigenvalue weighted by molar-refractivity contribution is 9.10. The predicted molar refractivity (Wildman–Crippen MR) is 136 cm³/mol. The number of rotatable bonds is 10. The van der Waals surface area contributed by atoms with Gasteiger partial charge in [0.05, 0.1) is 6.33 Å². The molecule has 13 heteroatoms. The predicted octanol–water partition coefficient (Wildman–Crippen LogP) is 0.608. The number of imidazole rings is 1. The van der Waals surface area contributed by atoms with E-state index >= 15 is 0 Å². The van der Waals surface area contributed by atoms with Crippen molar-refractivity contribution in [3.8, 4) is 0 Å². The molecule has 1 aromatic carbocycles. The van der Waals surface area contributed by atoms with Gasteiger partial charge in [-0.1, -0.05) is 46.3 Å². The zero-order chi connectivity index (χ0) is 25.8. The number of benzene rings is 1. The fourth-order valence-electron chi connectivity index (χ4n) is 4.06. The summed E-state index contributed by atoms with van der Waals surface area (Å²) < 4.78 is 8.50. The Kier molecular flexibility index (Phi) is 8.28. The van der Waals surface area contributed by atoms with Crippen LogP contribution >= 0.6 is 15.9 Å². The van der Waals surface area contributed by atoms with Crippen molar-refractivity contribution in [2.24, 2.45) is 5.73 Å². The molecule has 0 radical (unpaired) electrons.